The molecule has 0 N–H and O–H groups in total. The zero-order chi connectivity index (χ0) is 21.6. The van der Waals surface area contributed by atoms with Crippen LogP contribution in [0.25, 0.3) is 0 Å². The Morgan fingerprint density at radius 3 is 1.90 bits per heavy atom. The highest BCUT2D eigenvalue weighted by molar-refractivity contribution is 6.99. The molecule has 0 amide bonds. The van der Waals surface area contributed by atoms with Crippen molar-refractivity contribution in [3.05, 3.63) is 72.3 Å². The van der Waals surface area contributed by atoms with E-state index < -0.39 is 20.2 Å². The second-order valence-electron chi connectivity index (χ2n) is 9.55. The van der Waals surface area contributed by atoms with Crippen LogP contribution in [0.15, 0.2) is 72.3 Å². The molecule has 2 aromatic rings. The lowest BCUT2D eigenvalue weighted by atomic mass is 10.2. The number of hydrogen-bond donors (Lipinski definition) is 0. The zero-order valence-corrected chi connectivity index (χ0v) is 19.3. The van der Waals surface area contributed by atoms with E-state index in [4.69, 9.17) is 13.9 Å². The van der Waals surface area contributed by atoms with E-state index in [2.05, 4.69) is 69.3 Å². The molecule has 1 aliphatic heterocycles. The van der Waals surface area contributed by atoms with Gasteiger partial charge in [-0.05, 0) is 40.9 Å². The maximum Gasteiger partial charge on any atom is 0.261 e. The first-order valence-corrected chi connectivity index (χ1v) is 12.4. The van der Waals surface area contributed by atoms with Crippen LogP contribution in [-0.2, 0) is 18.7 Å². The molecule has 1 fully saturated rings. The van der Waals surface area contributed by atoms with Crippen LogP contribution in [0.5, 0.6) is 0 Å². The van der Waals surface area contributed by atoms with Crippen molar-refractivity contribution in [2.24, 2.45) is 0 Å². The van der Waals surface area contributed by atoms with Crippen molar-refractivity contribution >= 4 is 24.5 Å². The Balaban J connectivity index is 1.73. The number of carbonyl (C=O) groups excluding carboxylic acids is 1. The van der Waals surface area contributed by atoms with E-state index in [1.54, 1.807) is 6.08 Å². The van der Waals surface area contributed by atoms with Gasteiger partial charge in [0.1, 0.15) is 6.10 Å². The molecule has 0 radical (unpaired) electrons. The summed E-state index contributed by atoms with van der Waals surface area (Å²) < 4.78 is 18.8. The predicted octanol–water partition coefficient (Wildman–Crippen LogP) is 3.59. The maximum absolute atomic E-state index is 12.5. The van der Waals surface area contributed by atoms with Gasteiger partial charge in [0.05, 0.1) is 6.61 Å². The molecule has 158 valence electrons. The summed E-state index contributed by atoms with van der Waals surface area (Å²) in [7, 11) is -2.67. The van der Waals surface area contributed by atoms with Gasteiger partial charge in [-0.1, -0.05) is 81.4 Å². The van der Waals surface area contributed by atoms with Crippen LogP contribution >= 0.6 is 0 Å². The minimum atomic E-state index is -2.67. The number of hydrogen-bond acceptors (Lipinski definition) is 4. The highest BCUT2D eigenvalue weighted by atomic mass is 28.4. The van der Waals surface area contributed by atoms with Gasteiger partial charge in [0.2, 0.25) is 0 Å². The Bertz CT molecular complexity index is 905. The standard InChI is InChI=1S/C25H30O4Si/c1-24(2,3)30(19-12-8-6-9-13-19,20-14-10-7-11-15-20)27-17-18-16-21(26)23-22(18)28-25(4,5)29-23/h6-16,22-23H,17H2,1-5H3. The highest BCUT2D eigenvalue weighted by Gasteiger charge is 2.53. The number of ketones is 1. The summed E-state index contributed by atoms with van der Waals surface area (Å²) in [6, 6.07) is 21.0. The average Bonchev–Trinajstić information content (AvgIpc) is 3.17. The zero-order valence-electron chi connectivity index (χ0n) is 18.3. The van der Waals surface area contributed by atoms with Crippen molar-refractivity contribution in [1.82, 2.24) is 0 Å². The lowest BCUT2D eigenvalue weighted by Crippen LogP contribution is -2.66. The molecule has 5 heteroatoms. The molecule has 2 aliphatic rings. The molecule has 2 aromatic carbocycles. The molecule has 4 nitrogen and oxygen atoms in total. The van der Waals surface area contributed by atoms with Crippen LogP contribution in [0.2, 0.25) is 5.04 Å². The van der Waals surface area contributed by atoms with Crippen LogP contribution in [0.4, 0.5) is 0 Å². The quantitative estimate of drug-likeness (QED) is 0.691. The summed E-state index contributed by atoms with van der Waals surface area (Å²) >= 11 is 0. The molecular formula is C25H30O4Si. The third-order valence-corrected chi connectivity index (χ3v) is 10.9. The van der Waals surface area contributed by atoms with Gasteiger partial charge in [0, 0.05) is 0 Å². The highest BCUT2D eigenvalue weighted by Crippen LogP contribution is 2.40. The number of benzene rings is 2. The molecule has 30 heavy (non-hydrogen) atoms. The monoisotopic (exact) mass is 422 g/mol. The fraction of sp³-hybridized carbons (Fsp3) is 0.400. The van der Waals surface area contributed by atoms with Gasteiger partial charge >= 0.3 is 0 Å². The van der Waals surface area contributed by atoms with Crippen molar-refractivity contribution in [1.29, 1.82) is 0 Å². The van der Waals surface area contributed by atoms with E-state index in [-0.39, 0.29) is 16.9 Å². The summed E-state index contributed by atoms with van der Waals surface area (Å²) in [5.41, 5.74) is 0.864. The third-order valence-electron chi connectivity index (χ3n) is 5.94. The van der Waals surface area contributed by atoms with E-state index in [1.807, 2.05) is 26.0 Å². The lowest BCUT2D eigenvalue weighted by Gasteiger charge is -2.43. The molecule has 4 rings (SSSR count). The van der Waals surface area contributed by atoms with Crippen LogP contribution in [0, 0.1) is 0 Å². The van der Waals surface area contributed by atoms with Crippen molar-refractivity contribution in [2.45, 2.75) is 57.7 Å². The van der Waals surface area contributed by atoms with Gasteiger partial charge < -0.3 is 13.9 Å². The van der Waals surface area contributed by atoms with Gasteiger partial charge in [-0.2, -0.15) is 0 Å². The third kappa shape index (κ3) is 3.60. The van der Waals surface area contributed by atoms with Crippen LogP contribution < -0.4 is 10.4 Å². The molecule has 0 aromatic heterocycles. The molecule has 0 saturated carbocycles. The number of carbonyl (C=O) groups is 1. The minimum Gasteiger partial charge on any atom is -0.403 e. The first-order valence-electron chi connectivity index (χ1n) is 10.5. The first-order chi connectivity index (χ1) is 14.1. The van der Waals surface area contributed by atoms with E-state index in [1.165, 1.54) is 10.4 Å². The van der Waals surface area contributed by atoms with Crippen molar-refractivity contribution in [2.75, 3.05) is 6.61 Å². The minimum absolute atomic E-state index is 0.0355. The fourth-order valence-corrected chi connectivity index (χ4v) is 9.20. The lowest BCUT2D eigenvalue weighted by molar-refractivity contribution is -0.153. The Labute approximate surface area is 180 Å². The number of rotatable bonds is 5. The van der Waals surface area contributed by atoms with Gasteiger partial charge in [0.25, 0.3) is 8.32 Å². The Hall–Kier alpha value is -2.05. The smallest absolute Gasteiger partial charge is 0.261 e. The maximum atomic E-state index is 12.5. The second-order valence-corrected chi connectivity index (χ2v) is 13.9. The Kier molecular flexibility index (Phi) is 5.35. The largest absolute Gasteiger partial charge is 0.403 e. The molecule has 1 saturated heterocycles. The van der Waals surface area contributed by atoms with Crippen LogP contribution in [0.3, 0.4) is 0 Å². The molecule has 0 bridgehead atoms. The van der Waals surface area contributed by atoms with Crippen LogP contribution in [-0.4, -0.2) is 38.7 Å². The first kappa shape index (κ1) is 21.2. The van der Waals surface area contributed by atoms with Crippen LogP contribution in [0.1, 0.15) is 34.6 Å². The molecular weight excluding hydrogens is 392 g/mol. The van der Waals surface area contributed by atoms with E-state index in [9.17, 15) is 4.79 Å². The van der Waals surface area contributed by atoms with E-state index >= 15 is 0 Å². The molecule has 2 atom stereocenters. The average molecular weight is 423 g/mol. The predicted molar refractivity (Wildman–Crippen MR) is 120 cm³/mol. The molecule has 1 aliphatic carbocycles. The summed E-state index contributed by atoms with van der Waals surface area (Å²) in [6.45, 7) is 10.8. The summed E-state index contributed by atoms with van der Waals surface area (Å²) in [6.07, 6.45) is 0.728. The van der Waals surface area contributed by atoms with Gasteiger partial charge in [-0.3, -0.25) is 4.79 Å². The summed E-state index contributed by atoms with van der Waals surface area (Å²) in [5, 5.41) is 2.31. The van der Waals surface area contributed by atoms with Crippen molar-refractivity contribution < 1.29 is 18.7 Å². The van der Waals surface area contributed by atoms with Gasteiger partial charge in [-0.25, -0.2) is 0 Å². The number of fused-ring (bicyclic) bond motifs is 1. The normalized spacial score (nSPS) is 23.4. The van der Waals surface area contributed by atoms with E-state index in [0.29, 0.717) is 6.61 Å². The van der Waals surface area contributed by atoms with Gasteiger partial charge in [0.15, 0.2) is 17.7 Å². The fourth-order valence-electron chi connectivity index (χ4n) is 4.66. The molecule has 2 unspecified atom stereocenters. The Morgan fingerprint density at radius 2 is 1.40 bits per heavy atom. The summed E-state index contributed by atoms with van der Waals surface area (Å²) in [5.74, 6) is -0.798. The van der Waals surface area contributed by atoms with E-state index in [0.717, 1.165) is 5.57 Å². The topological polar surface area (TPSA) is 44.8 Å². The molecule has 1 heterocycles. The summed E-state index contributed by atoms with van der Waals surface area (Å²) in [4.78, 5) is 12.5. The second kappa shape index (κ2) is 7.57. The Morgan fingerprint density at radius 1 is 0.900 bits per heavy atom. The van der Waals surface area contributed by atoms with Crippen molar-refractivity contribution in [3.63, 3.8) is 0 Å². The SMILES string of the molecule is CC1(C)OC2C(=O)C=C(CO[Si](c3ccccc3)(c3ccccc3)C(C)(C)C)C2O1. The van der Waals surface area contributed by atoms with Crippen molar-refractivity contribution in [3.8, 4) is 0 Å². The van der Waals surface area contributed by atoms with Gasteiger partial charge in [-0.15, -0.1) is 0 Å². The number of ether oxygens (including phenoxy) is 2. The molecule has 0 spiro atoms.